The smallest absolute Gasteiger partial charge is 0.231 e. The van der Waals surface area contributed by atoms with E-state index in [1.54, 1.807) is 24.3 Å². The molecule has 0 saturated heterocycles. The van der Waals surface area contributed by atoms with E-state index in [1.165, 1.54) is 12.1 Å². The molecule has 6 heteroatoms. The summed E-state index contributed by atoms with van der Waals surface area (Å²) in [6.07, 6.45) is 5.19. The molecule has 24 heavy (non-hydrogen) atoms. The van der Waals surface area contributed by atoms with E-state index in [4.69, 9.17) is 15.3 Å². The van der Waals surface area contributed by atoms with Crippen LogP contribution in [0.4, 0.5) is 10.1 Å². The number of carbonyl (C=O) groups is 1. The summed E-state index contributed by atoms with van der Waals surface area (Å²) >= 11 is 0. The number of ether oxygens (including phenoxy) is 2. The molecule has 2 aromatic rings. The van der Waals surface area contributed by atoms with Crippen molar-refractivity contribution in [1.82, 2.24) is 0 Å². The Morgan fingerprint density at radius 1 is 1.04 bits per heavy atom. The Bertz CT molecular complexity index is 814. The van der Waals surface area contributed by atoms with Gasteiger partial charge in [-0.3, -0.25) is 10.6 Å². The van der Waals surface area contributed by atoms with Crippen LogP contribution in [-0.2, 0) is 4.79 Å². The molecule has 5 nitrogen and oxygen atoms in total. The molecule has 0 radical (unpaired) electrons. The molecule has 0 aromatic heterocycles. The summed E-state index contributed by atoms with van der Waals surface area (Å²) in [5.41, 5.74) is 4.77. The van der Waals surface area contributed by atoms with Gasteiger partial charge in [-0.1, -0.05) is 6.07 Å². The van der Waals surface area contributed by atoms with Crippen LogP contribution in [0.3, 0.4) is 0 Å². The largest absolute Gasteiger partial charge is 0.454 e. The number of benzene rings is 2. The molecule has 4 rings (SSSR count). The van der Waals surface area contributed by atoms with Crippen molar-refractivity contribution < 1.29 is 18.7 Å². The number of nitrogens with two attached hydrogens (primary N) is 1. The van der Waals surface area contributed by atoms with Gasteiger partial charge >= 0.3 is 0 Å². The number of nitrogen functional groups attached to an aromatic ring is 1. The minimum Gasteiger partial charge on any atom is -0.454 e. The Morgan fingerprint density at radius 3 is 2.42 bits per heavy atom. The summed E-state index contributed by atoms with van der Waals surface area (Å²) in [5, 5.41) is 0. The van der Waals surface area contributed by atoms with Crippen LogP contribution >= 0.6 is 0 Å². The lowest BCUT2D eigenvalue weighted by Gasteiger charge is -2.05. The maximum absolute atomic E-state index is 12.2. The van der Waals surface area contributed by atoms with Crippen molar-refractivity contribution in [3.63, 3.8) is 0 Å². The molecule has 1 heterocycles. The first-order valence-electron chi connectivity index (χ1n) is 7.21. The molecule has 1 aliphatic heterocycles. The SMILES string of the molecule is NNc1ccc(F)cc1.O=C1C=CC1=Cc1ccc2c(c1)OCO2. The van der Waals surface area contributed by atoms with Crippen LogP contribution in [-0.4, -0.2) is 12.6 Å². The first-order chi connectivity index (χ1) is 11.7. The Labute approximate surface area is 138 Å². The van der Waals surface area contributed by atoms with E-state index in [2.05, 4.69) is 5.43 Å². The molecular formula is C18H15FN2O3. The number of fused-ring (bicyclic) bond motifs is 1. The van der Waals surface area contributed by atoms with E-state index in [1.807, 2.05) is 24.3 Å². The molecule has 0 amide bonds. The van der Waals surface area contributed by atoms with Crippen molar-refractivity contribution in [3.05, 3.63) is 71.6 Å². The second kappa shape index (κ2) is 6.97. The van der Waals surface area contributed by atoms with Crippen LogP contribution in [0.5, 0.6) is 11.5 Å². The minimum absolute atomic E-state index is 0.0765. The van der Waals surface area contributed by atoms with Crippen molar-refractivity contribution in [2.24, 2.45) is 5.84 Å². The summed E-state index contributed by atoms with van der Waals surface area (Å²) in [7, 11) is 0. The highest BCUT2D eigenvalue weighted by Crippen LogP contribution is 2.33. The number of allylic oxidation sites excluding steroid dienone is 3. The number of hydrogen-bond acceptors (Lipinski definition) is 5. The highest BCUT2D eigenvalue weighted by Gasteiger charge is 2.15. The van der Waals surface area contributed by atoms with E-state index in [0.29, 0.717) is 5.69 Å². The van der Waals surface area contributed by atoms with Crippen molar-refractivity contribution in [3.8, 4) is 11.5 Å². The Balaban J connectivity index is 0.000000162. The van der Waals surface area contributed by atoms with Crippen LogP contribution in [0.15, 0.2) is 60.2 Å². The second-order valence-corrected chi connectivity index (χ2v) is 5.06. The molecule has 1 aliphatic carbocycles. The zero-order chi connectivity index (χ0) is 16.9. The van der Waals surface area contributed by atoms with Crippen LogP contribution in [0.1, 0.15) is 5.56 Å². The third kappa shape index (κ3) is 3.61. The summed E-state index contributed by atoms with van der Waals surface area (Å²) in [4.78, 5) is 11.1. The van der Waals surface area contributed by atoms with E-state index in [0.717, 1.165) is 22.6 Å². The maximum atomic E-state index is 12.2. The van der Waals surface area contributed by atoms with E-state index < -0.39 is 0 Å². The number of ketones is 1. The summed E-state index contributed by atoms with van der Waals surface area (Å²) < 4.78 is 22.6. The molecule has 0 atom stereocenters. The van der Waals surface area contributed by atoms with E-state index >= 15 is 0 Å². The van der Waals surface area contributed by atoms with Gasteiger partial charge in [0.25, 0.3) is 0 Å². The quantitative estimate of drug-likeness (QED) is 0.504. The van der Waals surface area contributed by atoms with Crippen molar-refractivity contribution >= 4 is 17.5 Å². The Hall–Kier alpha value is -3.12. The summed E-state index contributed by atoms with van der Waals surface area (Å²) in [6, 6.07) is 11.4. The first kappa shape index (κ1) is 15.8. The zero-order valence-corrected chi connectivity index (χ0v) is 12.7. The normalized spacial score (nSPS) is 15.6. The average Bonchev–Trinajstić information content (AvgIpc) is 3.07. The topological polar surface area (TPSA) is 73.6 Å². The van der Waals surface area contributed by atoms with Gasteiger partial charge in [0.05, 0.1) is 0 Å². The first-order valence-corrected chi connectivity index (χ1v) is 7.21. The number of carbonyl (C=O) groups excluding carboxylic acids is 1. The van der Waals surface area contributed by atoms with Crippen molar-refractivity contribution in [1.29, 1.82) is 0 Å². The maximum Gasteiger partial charge on any atom is 0.231 e. The third-order valence-corrected chi connectivity index (χ3v) is 3.43. The van der Waals surface area contributed by atoms with Gasteiger partial charge in [0.1, 0.15) is 5.82 Å². The number of rotatable bonds is 2. The van der Waals surface area contributed by atoms with Crippen LogP contribution in [0.2, 0.25) is 0 Å². The predicted octanol–water partition coefficient (Wildman–Crippen LogP) is 3.05. The molecule has 0 bridgehead atoms. The van der Waals surface area contributed by atoms with Gasteiger partial charge in [0, 0.05) is 11.3 Å². The van der Waals surface area contributed by atoms with Crippen LogP contribution in [0.25, 0.3) is 6.08 Å². The monoisotopic (exact) mass is 326 g/mol. The average molecular weight is 326 g/mol. The van der Waals surface area contributed by atoms with Gasteiger partial charge in [-0.25, -0.2) is 4.39 Å². The lowest BCUT2D eigenvalue weighted by Crippen LogP contribution is -2.05. The van der Waals surface area contributed by atoms with Crippen LogP contribution in [0, 0.1) is 5.82 Å². The molecule has 0 unspecified atom stereocenters. The van der Waals surface area contributed by atoms with Crippen molar-refractivity contribution in [2.45, 2.75) is 0 Å². The fourth-order valence-corrected chi connectivity index (χ4v) is 2.10. The summed E-state index contributed by atoms with van der Waals surface area (Å²) in [6.45, 7) is 0.272. The van der Waals surface area contributed by atoms with Gasteiger partial charge in [0.2, 0.25) is 6.79 Å². The van der Waals surface area contributed by atoms with Crippen molar-refractivity contribution in [2.75, 3.05) is 12.2 Å². The number of hydrazine groups is 1. The molecule has 3 N–H and O–H groups in total. The molecule has 2 aromatic carbocycles. The number of nitrogens with one attached hydrogen (secondary N) is 1. The number of anilines is 1. The standard InChI is InChI=1S/C12H8O3.C6H7FN2/c13-10-3-2-9(10)5-8-1-4-11-12(6-8)15-7-14-11;7-5-1-3-6(9-8)4-2-5/h1-6H,7H2;1-4,9H,8H2. The molecule has 0 saturated carbocycles. The fourth-order valence-electron chi connectivity index (χ4n) is 2.10. The number of halogens is 1. The lowest BCUT2D eigenvalue weighted by molar-refractivity contribution is -0.111. The summed E-state index contributed by atoms with van der Waals surface area (Å²) in [5.74, 6) is 6.34. The van der Waals surface area contributed by atoms with Gasteiger partial charge in [-0.15, -0.1) is 0 Å². The Morgan fingerprint density at radius 2 is 1.79 bits per heavy atom. The van der Waals surface area contributed by atoms with E-state index in [-0.39, 0.29) is 18.4 Å². The molecule has 2 aliphatic rings. The predicted molar refractivity (Wildman–Crippen MR) is 88.9 cm³/mol. The highest BCUT2D eigenvalue weighted by molar-refractivity contribution is 6.16. The number of hydrogen-bond donors (Lipinski definition) is 2. The van der Waals surface area contributed by atoms with Gasteiger partial charge in [-0.2, -0.15) is 0 Å². The zero-order valence-electron chi connectivity index (χ0n) is 12.7. The fraction of sp³-hybridized carbons (Fsp3) is 0.0556. The van der Waals surface area contributed by atoms with E-state index in [9.17, 15) is 9.18 Å². The lowest BCUT2D eigenvalue weighted by atomic mass is 9.98. The van der Waals surface area contributed by atoms with Gasteiger partial charge < -0.3 is 14.9 Å². The van der Waals surface area contributed by atoms with Crippen LogP contribution < -0.4 is 20.7 Å². The van der Waals surface area contributed by atoms with Gasteiger partial charge in [-0.05, 0) is 60.2 Å². The minimum atomic E-state index is -0.256. The Kier molecular flexibility index (Phi) is 4.58. The second-order valence-electron chi connectivity index (χ2n) is 5.06. The van der Waals surface area contributed by atoms with Gasteiger partial charge in [0.15, 0.2) is 17.3 Å². The molecule has 0 fully saturated rings. The molecule has 122 valence electrons. The third-order valence-electron chi connectivity index (χ3n) is 3.43. The molecular weight excluding hydrogens is 311 g/mol. The molecule has 0 spiro atoms. The highest BCUT2D eigenvalue weighted by atomic mass is 19.1.